The molecule has 0 radical (unpaired) electrons. The molecule has 2 aromatic heterocycles. The van der Waals surface area contributed by atoms with E-state index in [1.165, 1.54) is 11.8 Å². The molecule has 2 rings (SSSR count). The maximum absolute atomic E-state index is 12.3. The van der Waals surface area contributed by atoms with Crippen LogP contribution in [0.15, 0.2) is 41.7 Å². The quantitative estimate of drug-likeness (QED) is 0.403. The minimum Gasteiger partial charge on any atom is -1.00 e. The lowest BCUT2D eigenvalue weighted by Crippen LogP contribution is -3.00. The van der Waals surface area contributed by atoms with Gasteiger partial charge >= 0.3 is 0 Å². The van der Waals surface area contributed by atoms with Gasteiger partial charge in [0.1, 0.15) is 11.1 Å². The first kappa shape index (κ1) is 17.3. The molecular formula is C15H14BrN3OS. The fourth-order valence-electron chi connectivity index (χ4n) is 1.89. The lowest BCUT2D eigenvalue weighted by molar-refractivity contribution is -0.683. The fraction of sp³-hybridized carbons (Fsp3) is 0.200. The fourth-order valence-corrected chi connectivity index (χ4v) is 2.44. The second kappa shape index (κ2) is 7.91. The van der Waals surface area contributed by atoms with Crippen molar-refractivity contribution in [3.8, 4) is 6.07 Å². The van der Waals surface area contributed by atoms with Crippen molar-refractivity contribution in [2.24, 2.45) is 0 Å². The van der Waals surface area contributed by atoms with Crippen LogP contribution in [0.4, 0.5) is 0 Å². The molecule has 0 saturated heterocycles. The smallest absolute Gasteiger partial charge is 0.229 e. The average Bonchev–Trinajstić information content (AvgIpc) is 2.47. The second-order valence-electron chi connectivity index (χ2n) is 4.26. The van der Waals surface area contributed by atoms with Gasteiger partial charge < -0.3 is 17.0 Å². The number of Topliss-reactive ketones (excluding diaryl/α,β-unsaturated/α-hetero) is 1. The van der Waals surface area contributed by atoms with Crippen molar-refractivity contribution in [2.75, 3.05) is 6.26 Å². The van der Waals surface area contributed by atoms with Gasteiger partial charge in [0.2, 0.25) is 12.3 Å². The molecule has 0 aliphatic heterocycles. The molecule has 4 nitrogen and oxygen atoms in total. The van der Waals surface area contributed by atoms with Crippen molar-refractivity contribution in [1.29, 1.82) is 5.26 Å². The third-order valence-corrected chi connectivity index (χ3v) is 3.59. The number of aryl methyl sites for hydroxylation is 1. The summed E-state index contributed by atoms with van der Waals surface area (Å²) in [6, 6.07) is 9.37. The normalized spacial score (nSPS) is 9.57. The number of nitriles is 1. The van der Waals surface area contributed by atoms with Crippen molar-refractivity contribution in [3.05, 3.63) is 53.5 Å². The highest BCUT2D eigenvalue weighted by atomic mass is 79.9. The summed E-state index contributed by atoms with van der Waals surface area (Å²) in [4.78, 5) is 16.7. The molecule has 2 aromatic rings. The number of hydrogen-bond acceptors (Lipinski definition) is 4. The zero-order chi connectivity index (χ0) is 14.5. The predicted molar refractivity (Wildman–Crippen MR) is 76.4 cm³/mol. The van der Waals surface area contributed by atoms with Crippen LogP contribution in [0.25, 0.3) is 0 Å². The van der Waals surface area contributed by atoms with Crippen LogP contribution in [0.3, 0.4) is 0 Å². The lowest BCUT2D eigenvalue weighted by atomic mass is 10.1. The average molecular weight is 364 g/mol. The molecule has 108 valence electrons. The number of hydrogen-bond donors (Lipinski definition) is 0. The lowest BCUT2D eigenvalue weighted by Gasteiger charge is -2.06. The molecule has 0 unspecified atom stereocenters. The van der Waals surface area contributed by atoms with Gasteiger partial charge in [0, 0.05) is 23.4 Å². The summed E-state index contributed by atoms with van der Waals surface area (Å²) in [7, 11) is 0. The van der Waals surface area contributed by atoms with Crippen LogP contribution in [0, 0.1) is 18.3 Å². The number of pyridine rings is 2. The number of carbonyl (C=O) groups excluding carboxylic acids is 1. The molecule has 0 aliphatic rings. The number of thioether (sulfide) groups is 1. The molecule has 0 N–H and O–H groups in total. The highest BCUT2D eigenvalue weighted by Crippen LogP contribution is 2.20. The van der Waals surface area contributed by atoms with E-state index in [1.807, 2.05) is 36.8 Å². The molecule has 0 saturated carbocycles. The summed E-state index contributed by atoms with van der Waals surface area (Å²) in [6.45, 7) is 2.04. The molecule has 21 heavy (non-hydrogen) atoms. The van der Waals surface area contributed by atoms with E-state index in [0.29, 0.717) is 21.8 Å². The molecule has 2 heterocycles. The number of aromatic nitrogens is 2. The Hall–Kier alpha value is -1.71. The first-order valence-corrected chi connectivity index (χ1v) is 7.31. The Morgan fingerprint density at radius 2 is 2.05 bits per heavy atom. The Bertz CT molecular complexity index is 683. The first-order chi connectivity index (χ1) is 9.65. The molecule has 0 spiro atoms. The highest BCUT2D eigenvalue weighted by molar-refractivity contribution is 7.98. The van der Waals surface area contributed by atoms with Crippen molar-refractivity contribution in [3.63, 3.8) is 0 Å². The monoisotopic (exact) mass is 363 g/mol. The maximum atomic E-state index is 12.3. The molecule has 6 heteroatoms. The zero-order valence-electron chi connectivity index (χ0n) is 11.7. The van der Waals surface area contributed by atoms with Gasteiger partial charge in [-0.2, -0.15) is 9.83 Å². The van der Waals surface area contributed by atoms with E-state index in [9.17, 15) is 4.79 Å². The molecule has 0 amide bonds. The summed E-state index contributed by atoms with van der Waals surface area (Å²) < 4.78 is 1.80. The number of nitrogens with zero attached hydrogens (tertiary/aromatic N) is 3. The van der Waals surface area contributed by atoms with Crippen molar-refractivity contribution in [2.45, 2.75) is 18.5 Å². The summed E-state index contributed by atoms with van der Waals surface area (Å²) in [6.07, 6.45) is 5.54. The van der Waals surface area contributed by atoms with E-state index in [1.54, 1.807) is 17.6 Å². The van der Waals surface area contributed by atoms with Gasteiger partial charge in [0.05, 0.1) is 5.56 Å². The van der Waals surface area contributed by atoms with Gasteiger partial charge in [0.25, 0.3) is 0 Å². The van der Waals surface area contributed by atoms with Gasteiger partial charge in [-0.1, -0.05) is 6.07 Å². The van der Waals surface area contributed by atoms with E-state index in [-0.39, 0.29) is 29.3 Å². The number of rotatable bonds is 4. The third kappa shape index (κ3) is 4.13. The number of halogens is 1. The van der Waals surface area contributed by atoms with Gasteiger partial charge in [-0.3, -0.25) is 4.79 Å². The van der Waals surface area contributed by atoms with E-state index in [2.05, 4.69) is 11.1 Å². The molecule has 0 bridgehead atoms. The Morgan fingerprint density at radius 1 is 1.38 bits per heavy atom. The largest absolute Gasteiger partial charge is 1.00 e. The number of carbonyl (C=O) groups is 1. The van der Waals surface area contributed by atoms with Crippen LogP contribution in [0.5, 0.6) is 0 Å². The summed E-state index contributed by atoms with van der Waals surface area (Å²) >= 11 is 1.41. The SMILES string of the molecule is CSc1nc(C)c(C(=O)C[n+]2ccccc2)cc1C#N.[Br-]. The minimum atomic E-state index is -0.0460. The second-order valence-corrected chi connectivity index (χ2v) is 5.06. The van der Waals surface area contributed by atoms with E-state index < -0.39 is 0 Å². The minimum absolute atomic E-state index is 0. The highest BCUT2D eigenvalue weighted by Gasteiger charge is 2.17. The molecule has 0 fully saturated rings. The first-order valence-electron chi connectivity index (χ1n) is 6.08. The van der Waals surface area contributed by atoms with Crippen molar-refractivity contribution in [1.82, 2.24) is 4.98 Å². The van der Waals surface area contributed by atoms with Crippen LogP contribution in [0.1, 0.15) is 21.6 Å². The van der Waals surface area contributed by atoms with Crippen molar-refractivity contribution >= 4 is 17.5 Å². The van der Waals surface area contributed by atoms with E-state index in [0.717, 1.165) is 0 Å². The van der Waals surface area contributed by atoms with Crippen LogP contribution in [-0.2, 0) is 6.54 Å². The standard InChI is InChI=1S/C15H14N3OS.BrH/c1-11-13(8-12(9-16)15(17-11)20-2)14(19)10-18-6-4-3-5-7-18;/h3-8H,10H2,1-2H3;1H/q+1;/p-1. The van der Waals surface area contributed by atoms with Crippen LogP contribution < -0.4 is 21.5 Å². The molecular weight excluding hydrogens is 350 g/mol. The van der Waals surface area contributed by atoms with Crippen LogP contribution in [-0.4, -0.2) is 17.0 Å². The summed E-state index contributed by atoms with van der Waals surface area (Å²) in [5, 5.41) is 9.78. The van der Waals surface area contributed by atoms with Crippen LogP contribution in [0.2, 0.25) is 0 Å². The maximum Gasteiger partial charge on any atom is 0.229 e. The Kier molecular flexibility index (Phi) is 6.53. The molecule has 0 aromatic carbocycles. The Balaban J connectivity index is 0.00000220. The Labute approximate surface area is 138 Å². The predicted octanol–water partition coefficient (Wildman–Crippen LogP) is -0.842. The number of ketones is 1. The van der Waals surface area contributed by atoms with Gasteiger partial charge in [-0.05, 0) is 19.2 Å². The summed E-state index contributed by atoms with van der Waals surface area (Å²) in [5.41, 5.74) is 1.62. The molecule has 0 atom stereocenters. The molecule has 0 aliphatic carbocycles. The van der Waals surface area contributed by atoms with Crippen molar-refractivity contribution < 1.29 is 26.3 Å². The van der Waals surface area contributed by atoms with E-state index in [4.69, 9.17) is 5.26 Å². The Morgan fingerprint density at radius 3 is 2.62 bits per heavy atom. The van der Waals surface area contributed by atoms with Gasteiger partial charge in [0.15, 0.2) is 12.4 Å². The van der Waals surface area contributed by atoms with Crippen LogP contribution >= 0.6 is 11.8 Å². The zero-order valence-corrected chi connectivity index (χ0v) is 14.1. The van der Waals surface area contributed by atoms with E-state index >= 15 is 0 Å². The van der Waals surface area contributed by atoms with Gasteiger partial charge in [-0.25, -0.2) is 4.98 Å². The summed E-state index contributed by atoms with van der Waals surface area (Å²) in [5.74, 6) is -0.0460. The third-order valence-electron chi connectivity index (χ3n) is 2.90. The van der Waals surface area contributed by atoms with Gasteiger partial charge in [-0.15, -0.1) is 11.8 Å². The topological polar surface area (TPSA) is 57.6 Å².